The Morgan fingerprint density at radius 2 is 2.09 bits per heavy atom. The van der Waals surface area contributed by atoms with Gasteiger partial charge in [-0.15, -0.1) is 0 Å². The van der Waals surface area contributed by atoms with Crippen LogP contribution in [0.25, 0.3) is 0 Å². The molecule has 0 rings (SSSR count). The number of nitrogens with zero attached hydrogens (tertiary/aromatic N) is 1. The molecule has 0 aliphatic carbocycles. The normalized spacial score (nSPS) is 12.7. The SMILES string of the molecule is CCC(C)C(=O)N(CC)CN. The highest BCUT2D eigenvalue weighted by atomic mass is 16.2. The van der Waals surface area contributed by atoms with Gasteiger partial charge in [0.15, 0.2) is 0 Å². The van der Waals surface area contributed by atoms with Crippen molar-refractivity contribution in [2.75, 3.05) is 13.2 Å². The van der Waals surface area contributed by atoms with E-state index in [2.05, 4.69) is 0 Å². The first-order valence-corrected chi connectivity index (χ1v) is 4.16. The Balaban J connectivity index is 3.97. The van der Waals surface area contributed by atoms with Crippen LogP contribution >= 0.6 is 0 Å². The molecule has 0 fully saturated rings. The maximum Gasteiger partial charge on any atom is 0.226 e. The Labute approximate surface area is 68.6 Å². The lowest BCUT2D eigenvalue weighted by Gasteiger charge is -2.21. The van der Waals surface area contributed by atoms with Crippen molar-refractivity contribution < 1.29 is 4.79 Å². The number of hydrogen-bond acceptors (Lipinski definition) is 2. The molecule has 0 aliphatic rings. The fraction of sp³-hybridized carbons (Fsp3) is 0.875. The van der Waals surface area contributed by atoms with Crippen molar-refractivity contribution in [3.63, 3.8) is 0 Å². The summed E-state index contributed by atoms with van der Waals surface area (Å²) >= 11 is 0. The van der Waals surface area contributed by atoms with Gasteiger partial charge in [0.1, 0.15) is 0 Å². The van der Waals surface area contributed by atoms with Crippen LogP contribution in [0.15, 0.2) is 0 Å². The molecule has 11 heavy (non-hydrogen) atoms. The summed E-state index contributed by atoms with van der Waals surface area (Å²) in [5.41, 5.74) is 5.38. The molecule has 0 heterocycles. The quantitative estimate of drug-likeness (QED) is 0.615. The van der Waals surface area contributed by atoms with E-state index < -0.39 is 0 Å². The number of carbonyl (C=O) groups excluding carboxylic acids is 1. The monoisotopic (exact) mass is 158 g/mol. The van der Waals surface area contributed by atoms with Gasteiger partial charge in [0.2, 0.25) is 5.91 Å². The van der Waals surface area contributed by atoms with Crippen molar-refractivity contribution in [1.29, 1.82) is 0 Å². The van der Waals surface area contributed by atoms with Gasteiger partial charge < -0.3 is 10.6 Å². The van der Waals surface area contributed by atoms with Gasteiger partial charge in [0, 0.05) is 12.5 Å². The van der Waals surface area contributed by atoms with E-state index in [1.165, 1.54) is 0 Å². The van der Waals surface area contributed by atoms with Gasteiger partial charge in [0.25, 0.3) is 0 Å². The molecule has 0 saturated carbocycles. The minimum Gasteiger partial charge on any atom is -0.330 e. The maximum absolute atomic E-state index is 11.4. The summed E-state index contributed by atoms with van der Waals surface area (Å²) in [5.74, 6) is 0.274. The fourth-order valence-corrected chi connectivity index (χ4v) is 0.861. The fourth-order valence-electron chi connectivity index (χ4n) is 0.861. The van der Waals surface area contributed by atoms with Crippen LogP contribution in [-0.2, 0) is 4.79 Å². The van der Waals surface area contributed by atoms with Crippen molar-refractivity contribution in [3.05, 3.63) is 0 Å². The molecule has 1 unspecified atom stereocenters. The van der Waals surface area contributed by atoms with Gasteiger partial charge in [0.05, 0.1) is 6.67 Å². The Morgan fingerprint density at radius 3 is 2.36 bits per heavy atom. The highest BCUT2D eigenvalue weighted by Gasteiger charge is 2.15. The molecule has 0 aromatic carbocycles. The second-order valence-corrected chi connectivity index (χ2v) is 2.69. The molecule has 1 amide bonds. The van der Waals surface area contributed by atoms with Crippen LogP contribution in [0.1, 0.15) is 27.2 Å². The Morgan fingerprint density at radius 1 is 1.55 bits per heavy atom. The zero-order chi connectivity index (χ0) is 8.85. The average Bonchev–Trinajstić information content (AvgIpc) is 2.05. The maximum atomic E-state index is 11.4. The lowest BCUT2D eigenvalue weighted by atomic mass is 10.1. The number of carbonyl (C=O) groups is 1. The minimum absolute atomic E-state index is 0.110. The Kier molecular flexibility index (Phi) is 4.86. The molecular weight excluding hydrogens is 140 g/mol. The van der Waals surface area contributed by atoms with Crippen LogP contribution in [0.4, 0.5) is 0 Å². The predicted molar refractivity (Wildman–Crippen MR) is 45.9 cm³/mol. The summed E-state index contributed by atoms with van der Waals surface area (Å²) in [6.07, 6.45) is 0.884. The summed E-state index contributed by atoms with van der Waals surface area (Å²) in [6.45, 7) is 6.92. The van der Waals surface area contributed by atoms with Crippen LogP contribution in [0.3, 0.4) is 0 Å². The highest BCUT2D eigenvalue weighted by Crippen LogP contribution is 2.04. The molecule has 0 aliphatic heterocycles. The average molecular weight is 158 g/mol. The molecule has 2 N–H and O–H groups in total. The van der Waals surface area contributed by atoms with Crippen LogP contribution in [0, 0.1) is 5.92 Å². The van der Waals surface area contributed by atoms with E-state index in [-0.39, 0.29) is 11.8 Å². The highest BCUT2D eigenvalue weighted by molar-refractivity contribution is 5.78. The molecule has 0 radical (unpaired) electrons. The van der Waals surface area contributed by atoms with E-state index in [9.17, 15) is 4.79 Å². The van der Waals surface area contributed by atoms with Gasteiger partial charge in [-0.3, -0.25) is 4.79 Å². The molecule has 0 bridgehead atoms. The first kappa shape index (κ1) is 10.4. The summed E-state index contributed by atoms with van der Waals surface area (Å²) in [7, 11) is 0. The molecule has 0 aromatic heterocycles. The largest absolute Gasteiger partial charge is 0.330 e. The molecule has 1 atom stereocenters. The molecule has 0 aromatic rings. The van der Waals surface area contributed by atoms with Gasteiger partial charge in [-0.05, 0) is 13.3 Å². The van der Waals surface area contributed by atoms with Crippen molar-refractivity contribution in [2.24, 2.45) is 11.7 Å². The zero-order valence-corrected chi connectivity index (χ0v) is 7.63. The second kappa shape index (κ2) is 5.13. The van der Waals surface area contributed by atoms with Crippen LogP contribution in [0.2, 0.25) is 0 Å². The van der Waals surface area contributed by atoms with Gasteiger partial charge in [-0.25, -0.2) is 0 Å². The summed E-state index contributed by atoms with van der Waals surface area (Å²) in [4.78, 5) is 13.0. The van der Waals surface area contributed by atoms with Gasteiger partial charge in [-0.1, -0.05) is 13.8 Å². The molecular formula is C8H18N2O. The smallest absolute Gasteiger partial charge is 0.226 e. The molecule has 3 nitrogen and oxygen atoms in total. The third-order valence-corrected chi connectivity index (χ3v) is 1.95. The number of amides is 1. The summed E-state index contributed by atoms with van der Waals surface area (Å²) < 4.78 is 0. The molecule has 66 valence electrons. The number of nitrogens with two attached hydrogens (primary N) is 1. The van der Waals surface area contributed by atoms with Crippen molar-refractivity contribution in [2.45, 2.75) is 27.2 Å². The Bertz CT molecular complexity index is 121. The van der Waals surface area contributed by atoms with E-state index >= 15 is 0 Å². The first-order valence-electron chi connectivity index (χ1n) is 4.16. The van der Waals surface area contributed by atoms with Gasteiger partial charge in [-0.2, -0.15) is 0 Å². The molecule has 0 saturated heterocycles. The van der Waals surface area contributed by atoms with E-state index in [0.717, 1.165) is 6.42 Å². The Hall–Kier alpha value is -0.570. The van der Waals surface area contributed by atoms with Crippen molar-refractivity contribution in [1.82, 2.24) is 4.90 Å². The van der Waals surface area contributed by atoms with Crippen molar-refractivity contribution >= 4 is 5.91 Å². The predicted octanol–water partition coefficient (Wildman–Crippen LogP) is 0.797. The van der Waals surface area contributed by atoms with Gasteiger partial charge >= 0.3 is 0 Å². The molecule has 0 spiro atoms. The lowest BCUT2D eigenvalue weighted by molar-refractivity contribution is -0.134. The van der Waals surface area contributed by atoms with Crippen LogP contribution in [0.5, 0.6) is 0 Å². The topological polar surface area (TPSA) is 46.3 Å². The first-order chi connectivity index (χ1) is 5.17. The lowest BCUT2D eigenvalue weighted by Crippen LogP contribution is -2.38. The van der Waals surface area contributed by atoms with Crippen LogP contribution in [-0.4, -0.2) is 24.0 Å². The van der Waals surface area contributed by atoms with E-state index in [0.29, 0.717) is 13.2 Å². The third-order valence-electron chi connectivity index (χ3n) is 1.95. The summed E-state index contributed by atoms with van der Waals surface area (Å²) in [6, 6.07) is 0. The third kappa shape index (κ3) is 2.89. The molecule has 3 heteroatoms. The van der Waals surface area contributed by atoms with E-state index in [1.54, 1.807) is 4.90 Å². The number of hydrogen-bond donors (Lipinski definition) is 1. The van der Waals surface area contributed by atoms with Crippen molar-refractivity contribution in [3.8, 4) is 0 Å². The number of rotatable bonds is 4. The summed E-state index contributed by atoms with van der Waals surface area (Å²) in [5, 5.41) is 0. The second-order valence-electron chi connectivity index (χ2n) is 2.69. The van der Waals surface area contributed by atoms with E-state index in [4.69, 9.17) is 5.73 Å². The minimum atomic E-state index is 0.110. The van der Waals surface area contributed by atoms with E-state index in [1.807, 2.05) is 20.8 Å². The van der Waals surface area contributed by atoms with Crippen LogP contribution < -0.4 is 5.73 Å². The standard InChI is InChI=1S/C8H18N2O/c1-4-7(3)8(11)10(5-2)6-9/h7H,4-6,9H2,1-3H3. The zero-order valence-electron chi connectivity index (χ0n) is 7.63.